The van der Waals surface area contributed by atoms with Gasteiger partial charge in [0.15, 0.2) is 5.96 Å². The van der Waals surface area contributed by atoms with E-state index in [1.165, 1.54) is 0 Å². The number of anilines is 1. The molecule has 1 saturated heterocycles. The zero-order valence-corrected chi connectivity index (χ0v) is 19.4. The highest BCUT2D eigenvalue weighted by molar-refractivity contribution is 14.0. The minimum atomic E-state index is 0. The maximum absolute atomic E-state index is 9.63. The van der Waals surface area contributed by atoms with Gasteiger partial charge in [0, 0.05) is 25.7 Å². The first kappa shape index (κ1) is 23.1. The largest absolute Gasteiger partial charge is 0.508 e. The average molecular weight is 510 g/mol. The van der Waals surface area contributed by atoms with Gasteiger partial charge in [-0.25, -0.2) is 4.99 Å². The highest BCUT2D eigenvalue weighted by Gasteiger charge is 2.22. The fourth-order valence-corrected chi connectivity index (χ4v) is 3.54. The first-order valence-corrected chi connectivity index (χ1v) is 9.90. The molecular formula is C22H31IN4O2. The summed E-state index contributed by atoms with van der Waals surface area (Å²) >= 11 is 0. The maximum Gasteiger partial charge on any atom is 0.191 e. The Morgan fingerprint density at radius 3 is 2.83 bits per heavy atom. The van der Waals surface area contributed by atoms with E-state index in [1.807, 2.05) is 24.3 Å². The maximum atomic E-state index is 9.63. The average Bonchev–Trinajstić information content (AvgIpc) is 2.72. The third-order valence-corrected chi connectivity index (χ3v) is 4.86. The second kappa shape index (κ2) is 11.7. The molecule has 0 saturated carbocycles. The van der Waals surface area contributed by atoms with E-state index in [9.17, 15) is 5.11 Å². The molecule has 3 rings (SSSR count). The minimum Gasteiger partial charge on any atom is -0.508 e. The van der Waals surface area contributed by atoms with Crippen LogP contribution in [-0.2, 0) is 6.54 Å². The van der Waals surface area contributed by atoms with Crippen LogP contribution in [0.5, 0.6) is 11.5 Å². The summed E-state index contributed by atoms with van der Waals surface area (Å²) in [6, 6.07) is 15.7. The molecule has 1 fully saturated rings. The van der Waals surface area contributed by atoms with Crippen LogP contribution in [-0.4, -0.2) is 43.9 Å². The predicted molar refractivity (Wildman–Crippen MR) is 130 cm³/mol. The molecule has 7 heteroatoms. The SMILES string of the molecule is CCNC(=NCc1cccc(O)c1)NC1CCCN(c2ccccc2OC)C1.I. The third kappa shape index (κ3) is 6.69. The van der Waals surface area contributed by atoms with Crippen LogP contribution in [0.2, 0.25) is 0 Å². The number of rotatable bonds is 6. The molecule has 0 aliphatic carbocycles. The van der Waals surface area contributed by atoms with Crippen LogP contribution in [0.15, 0.2) is 53.5 Å². The molecule has 6 nitrogen and oxygen atoms in total. The number of nitrogens with zero attached hydrogens (tertiary/aromatic N) is 2. The number of hydrogen-bond donors (Lipinski definition) is 3. The van der Waals surface area contributed by atoms with E-state index in [1.54, 1.807) is 19.2 Å². The highest BCUT2D eigenvalue weighted by atomic mass is 127. The molecule has 0 aromatic heterocycles. The van der Waals surface area contributed by atoms with Crippen LogP contribution in [0.25, 0.3) is 0 Å². The quantitative estimate of drug-likeness (QED) is 0.314. The second-order valence-corrected chi connectivity index (χ2v) is 6.97. The summed E-state index contributed by atoms with van der Waals surface area (Å²) in [5, 5.41) is 16.5. The zero-order valence-electron chi connectivity index (χ0n) is 17.1. The Morgan fingerprint density at radius 2 is 2.07 bits per heavy atom. The summed E-state index contributed by atoms with van der Waals surface area (Å²) < 4.78 is 5.53. The molecule has 1 atom stereocenters. The Balaban J connectivity index is 0.00000300. The number of phenolic OH excluding ortho intramolecular Hbond substituents is 1. The number of ether oxygens (including phenoxy) is 1. The van der Waals surface area contributed by atoms with Crippen LogP contribution < -0.4 is 20.3 Å². The molecule has 1 unspecified atom stereocenters. The lowest BCUT2D eigenvalue weighted by atomic mass is 10.0. The normalized spacial score (nSPS) is 16.7. The van der Waals surface area contributed by atoms with Crippen molar-refractivity contribution in [3.05, 3.63) is 54.1 Å². The Bertz CT molecular complexity index is 800. The van der Waals surface area contributed by atoms with E-state index in [2.05, 4.69) is 34.6 Å². The molecular weight excluding hydrogens is 479 g/mol. The van der Waals surface area contributed by atoms with E-state index in [-0.39, 0.29) is 29.7 Å². The van der Waals surface area contributed by atoms with E-state index in [4.69, 9.17) is 9.73 Å². The van der Waals surface area contributed by atoms with Gasteiger partial charge in [0.2, 0.25) is 0 Å². The van der Waals surface area contributed by atoms with Crippen LogP contribution in [0.3, 0.4) is 0 Å². The van der Waals surface area contributed by atoms with Crippen molar-refractivity contribution in [2.24, 2.45) is 4.99 Å². The second-order valence-electron chi connectivity index (χ2n) is 6.97. The fraction of sp³-hybridized carbons (Fsp3) is 0.409. The van der Waals surface area contributed by atoms with Crippen molar-refractivity contribution in [1.29, 1.82) is 0 Å². The highest BCUT2D eigenvalue weighted by Crippen LogP contribution is 2.29. The Kier molecular flexibility index (Phi) is 9.37. The Morgan fingerprint density at radius 1 is 1.24 bits per heavy atom. The summed E-state index contributed by atoms with van der Waals surface area (Å²) in [5.41, 5.74) is 2.12. The number of hydrogen-bond acceptors (Lipinski definition) is 4. The van der Waals surface area contributed by atoms with E-state index >= 15 is 0 Å². The lowest BCUT2D eigenvalue weighted by molar-refractivity contribution is 0.408. The van der Waals surface area contributed by atoms with E-state index in [0.717, 1.165) is 55.4 Å². The van der Waals surface area contributed by atoms with Crippen molar-refractivity contribution in [3.63, 3.8) is 0 Å². The van der Waals surface area contributed by atoms with Crippen molar-refractivity contribution in [1.82, 2.24) is 10.6 Å². The molecule has 0 amide bonds. The monoisotopic (exact) mass is 510 g/mol. The molecule has 0 spiro atoms. The third-order valence-electron chi connectivity index (χ3n) is 4.86. The predicted octanol–water partition coefficient (Wildman–Crippen LogP) is 3.74. The minimum absolute atomic E-state index is 0. The molecule has 1 aliphatic rings. The molecule has 1 aliphatic heterocycles. The Hall–Kier alpha value is -2.16. The topological polar surface area (TPSA) is 69.1 Å². The molecule has 158 valence electrons. The molecule has 0 bridgehead atoms. The number of methoxy groups -OCH3 is 1. The summed E-state index contributed by atoms with van der Waals surface area (Å²) in [6.45, 7) is 5.31. The number of aromatic hydroxyl groups is 1. The van der Waals surface area contributed by atoms with Gasteiger partial charge in [0.1, 0.15) is 11.5 Å². The number of piperidine rings is 1. The van der Waals surface area contributed by atoms with E-state index < -0.39 is 0 Å². The number of guanidine groups is 1. The van der Waals surface area contributed by atoms with Crippen molar-refractivity contribution in [2.75, 3.05) is 31.6 Å². The van der Waals surface area contributed by atoms with Crippen molar-refractivity contribution < 1.29 is 9.84 Å². The number of halogens is 1. The van der Waals surface area contributed by atoms with Gasteiger partial charge in [-0.3, -0.25) is 0 Å². The lowest BCUT2D eigenvalue weighted by Gasteiger charge is -2.36. The van der Waals surface area contributed by atoms with Gasteiger partial charge in [-0.05, 0) is 49.6 Å². The van der Waals surface area contributed by atoms with Gasteiger partial charge in [0.05, 0.1) is 19.3 Å². The Labute approximate surface area is 190 Å². The summed E-state index contributed by atoms with van der Waals surface area (Å²) in [5.74, 6) is 1.98. The fourth-order valence-electron chi connectivity index (χ4n) is 3.54. The molecule has 0 radical (unpaired) electrons. The smallest absolute Gasteiger partial charge is 0.191 e. The zero-order chi connectivity index (χ0) is 19.8. The van der Waals surface area contributed by atoms with Gasteiger partial charge >= 0.3 is 0 Å². The number of nitrogens with one attached hydrogen (secondary N) is 2. The van der Waals surface area contributed by atoms with Crippen LogP contribution in [0.4, 0.5) is 5.69 Å². The van der Waals surface area contributed by atoms with E-state index in [0.29, 0.717) is 12.6 Å². The standard InChI is InChI=1S/C22H30N4O2.HI/c1-3-23-22(24-15-17-8-6-10-19(27)14-17)25-18-9-7-13-26(16-18)20-11-4-5-12-21(20)28-2;/h4-6,8,10-12,14,18,27H,3,7,9,13,15-16H2,1-2H3,(H2,23,24,25);1H. The molecule has 3 N–H and O–H groups in total. The molecule has 2 aromatic rings. The number of phenols is 1. The summed E-state index contributed by atoms with van der Waals surface area (Å²) in [6.07, 6.45) is 2.21. The van der Waals surface area contributed by atoms with Crippen LogP contribution in [0.1, 0.15) is 25.3 Å². The number of benzene rings is 2. The van der Waals surface area contributed by atoms with Gasteiger partial charge in [-0.15, -0.1) is 24.0 Å². The molecule has 2 aromatic carbocycles. The van der Waals surface area contributed by atoms with Crippen LogP contribution >= 0.6 is 24.0 Å². The first-order chi connectivity index (χ1) is 13.7. The lowest BCUT2D eigenvalue weighted by Crippen LogP contribution is -2.51. The summed E-state index contributed by atoms with van der Waals surface area (Å²) in [7, 11) is 1.72. The van der Waals surface area contributed by atoms with Crippen molar-refractivity contribution in [3.8, 4) is 11.5 Å². The molecule has 29 heavy (non-hydrogen) atoms. The van der Waals surface area contributed by atoms with Gasteiger partial charge in [-0.2, -0.15) is 0 Å². The first-order valence-electron chi connectivity index (χ1n) is 9.90. The van der Waals surface area contributed by atoms with Crippen molar-refractivity contribution in [2.45, 2.75) is 32.4 Å². The molecule has 1 heterocycles. The number of para-hydroxylation sites is 2. The summed E-state index contributed by atoms with van der Waals surface area (Å²) in [4.78, 5) is 7.06. The van der Waals surface area contributed by atoms with Gasteiger partial charge in [0.25, 0.3) is 0 Å². The number of aliphatic imine (C=N–C) groups is 1. The van der Waals surface area contributed by atoms with Gasteiger partial charge < -0.3 is 25.4 Å². The van der Waals surface area contributed by atoms with Crippen molar-refractivity contribution >= 4 is 35.6 Å². The van der Waals surface area contributed by atoms with Crippen LogP contribution in [0, 0.1) is 0 Å². The van der Waals surface area contributed by atoms with Gasteiger partial charge in [-0.1, -0.05) is 24.3 Å².